The number of thioether (sulfide) groups is 1. The van der Waals surface area contributed by atoms with Crippen molar-refractivity contribution < 1.29 is 13.9 Å². The van der Waals surface area contributed by atoms with Gasteiger partial charge in [-0.1, -0.05) is 41.6 Å². The maximum absolute atomic E-state index is 12.3. The van der Waals surface area contributed by atoms with Gasteiger partial charge in [-0.05, 0) is 43.7 Å². The van der Waals surface area contributed by atoms with Gasteiger partial charge in [0.1, 0.15) is 5.75 Å². The molecule has 0 spiro atoms. The van der Waals surface area contributed by atoms with Crippen molar-refractivity contribution in [1.29, 1.82) is 0 Å². The van der Waals surface area contributed by atoms with E-state index < -0.39 is 0 Å². The van der Waals surface area contributed by atoms with E-state index in [1.165, 1.54) is 11.8 Å². The molecule has 0 fully saturated rings. The molecule has 0 bridgehead atoms. The standard InChI is InChI=1S/C20H21N3O3S/c1-13-5-4-6-16(11-13)19-22-23-20(26-19)27-14(2)18(24)21-12-15-7-9-17(25-3)10-8-15/h4-11,14H,12H2,1-3H3,(H,21,24)/t14-/m1/s1. The first-order valence-corrected chi connectivity index (χ1v) is 9.41. The van der Waals surface area contributed by atoms with Gasteiger partial charge < -0.3 is 14.5 Å². The zero-order chi connectivity index (χ0) is 19.2. The second-order valence-corrected chi connectivity index (χ2v) is 7.36. The number of amides is 1. The van der Waals surface area contributed by atoms with Gasteiger partial charge >= 0.3 is 0 Å². The first-order chi connectivity index (χ1) is 13.0. The molecule has 0 radical (unpaired) electrons. The van der Waals surface area contributed by atoms with Crippen LogP contribution in [0.15, 0.2) is 58.2 Å². The number of hydrogen-bond donors (Lipinski definition) is 1. The molecule has 3 aromatic rings. The summed E-state index contributed by atoms with van der Waals surface area (Å²) < 4.78 is 10.8. The van der Waals surface area contributed by atoms with E-state index in [0.717, 1.165) is 22.4 Å². The van der Waals surface area contributed by atoms with Crippen LogP contribution in [0.3, 0.4) is 0 Å². The van der Waals surface area contributed by atoms with Crippen LogP contribution in [0.2, 0.25) is 0 Å². The predicted molar refractivity (Wildman–Crippen MR) is 105 cm³/mol. The Labute approximate surface area is 162 Å². The van der Waals surface area contributed by atoms with Gasteiger partial charge in [-0.15, -0.1) is 10.2 Å². The van der Waals surface area contributed by atoms with Crippen molar-refractivity contribution >= 4 is 17.7 Å². The largest absolute Gasteiger partial charge is 0.497 e. The first kappa shape index (κ1) is 19.0. The number of aromatic nitrogens is 2. The van der Waals surface area contributed by atoms with Crippen molar-refractivity contribution in [3.63, 3.8) is 0 Å². The molecular weight excluding hydrogens is 362 g/mol. The molecule has 6 nitrogen and oxygen atoms in total. The molecule has 0 saturated carbocycles. The maximum Gasteiger partial charge on any atom is 0.277 e. The van der Waals surface area contributed by atoms with E-state index in [0.29, 0.717) is 17.7 Å². The first-order valence-electron chi connectivity index (χ1n) is 8.53. The predicted octanol–water partition coefficient (Wildman–Crippen LogP) is 3.85. The van der Waals surface area contributed by atoms with Gasteiger partial charge in [0.15, 0.2) is 0 Å². The van der Waals surface area contributed by atoms with Gasteiger partial charge in [0.05, 0.1) is 12.4 Å². The fourth-order valence-corrected chi connectivity index (χ4v) is 3.14. The summed E-state index contributed by atoms with van der Waals surface area (Å²) >= 11 is 1.24. The maximum atomic E-state index is 12.3. The van der Waals surface area contributed by atoms with Crippen LogP contribution in [0.4, 0.5) is 0 Å². The van der Waals surface area contributed by atoms with Crippen molar-refractivity contribution in [2.45, 2.75) is 30.9 Å². The summed E-state index contributed by atoms with van der Waals surface area (Å²) in [7, 11) is 1.62. The van der Waals surface area contributed by atoms with E-state index in [4.69, 9.17) is 9.15 Å². The average Bonchev–Trinajstić information content (AvgIpc) is 3.15. The zero-order valence-electron chi connectivity index (χ0n) is 15.4. The summed E-state index contributed by atoms with van der Waals surface area (Å²) in [6, 6.07) is 15.4. The van der Waals surface area contributed by atoms with E-state index >= 15 is 0 Å². The fourth-order valence-electron chi connectivity index (χ4n) is 2.43. The van der Waals surface area contributed by atoms with Gasteiger partial charge in [0.2, 0.25) is 11.8 Å². The Morgan fingerprint density at radius 2 is 2.00 bits per heavy atom. The molecule has 1 amide bonds. The van der Waals surface area contributed by atoms with E-state index in [1.54, 1.807) is 7.11 Å². The molecule has 1 N–H and O–H groups in total. The molecule has 0 aliphatic heterocycles. The Bertz CT molecular complexity index is 909. The van der Waals surface area contributed by atoms with Gasteiger partial charge in [-0.2, -0.15) is 0 Å². The highest BCUT2D eigenvalue weighted by atomic mass is 32.2. The molecule has 1 aromatic heterocycles. The number of aryl methyl sites for hydroxylation is 1. The van der Waals surface area contributed by atoms with Crippen LogP contribution in [0.1, 0.15) is 18.1 Å². The Kier molecular flexibility index (Phi) is 6.13. The van der Waals surface area contributed by atoms with Crippen molar-refractivity contribution in [2.75, 3.05) is 7.11 Å². The topological polar surface area (TPSA) is 77.2 Å². The third kappa shape index (κ3) is 5.10. The summed E-state index contributed by atoms with van der Waals surface area (Å²) in [6.07, 6.45) is 0. The van der Waals surface area contributed by atoms with Crippen LogP contribution in [0.25, 0.3) is 11.5 Å². The number of carbonyl (C=O) groups is 1. The summed E-state index contributed by atoms with van der Waals surface area (Å²) in [5, 5.41) is 11.0. The Hall–Kier alpha value is -2.80. The molecule has 0 saturated heterocycles. The molecule has 0 unspecified atom stereocenters. The summed E-state index contributed by atoms with van der Waals surface area (Å²) in [4.78, 5) is 12.3. The molecule has 0 aliphatic rings. The lowest BCUT2D eigenvalue weighted by molar-refractivity contribution is -0.120. The van der Waals surface area contributed by atoms with Gasteiger partial charge in [-0.3, -0.25) is 4.79 Å². The zero-order valence-corrected chi connectivity index (χ0v) is 16.2. The monoisotopic (exact) mass is 383 g/mol. The number of ether oxygens (including phenoxy) is 1. The van der Waals surface area contributed by atoms with Crippen LogP contribution >= 0.6 is 11.8 Å². The van der Waals surface area contributed by atoms with Crippen LogP contribution < -0.4 is 10.1 Å². The summed E-state index contributed by atoms with van der Waals surface area (Å²) in [6.45, 7) is 4.27. The van der Waals surface area contributed by atoms with Gasteiger partial charge in [-0.25, -0.2) is 0 Å². The normalized spacial score (nSPS) is 11.8. The second kappa shape index (κ2) is 8.73. The molecule has 1 heterocycles. The van der Waals surface area contributed by atoms with E-state index in [9.17, 15) is 4.79 Å². The molecule has 7 heteroatoms. The third-order valence-electron chi connectivity index (χ3n) is 3.94. The summed E-state index contributed by atoms with van der Waals surface area (Å²) in [5.41, 5.74) is 2.98. The number of rotatable bonds is 7. The molecule has 27 heavy (non-hydrogen) atoms. The number of nitrogens with one attached hydrogen (secondary N) is 1. The van der Waals surface area contributed by atoms with Crippen molar-refractivity contribution in [2.24, 2.45) is 0 Å². The molecular formula is C20H21N3O3S. The number of nitrogens with zero attached hydrogens (tertiary/aromatic N) is 2. The fraction of sp³-hybridized carbons (Fsp3) is 0.250. The smallest absolute Gasteiger partial charge is 0.277 e. The average molecular weight is 383 g/mol. The summed E-state index contributed by atoms with van der Waals surface area (Å²) in [5.74, 6) is 1.15. The Morgan fingerprint density at radius 1 is 1.22 bits per heavy atom. The highest BCUT2D eigenvalue weighted by molar-refractivity contribution is 8.00. The van der Waals surface area contributed by atoms with E-state index in [-0.39, 0.29) is 11.2 Å². The molecule has 3 rings (SSSR count). The van der Waals surface area contributed by atoms with Crippen LogP contribution in [-0.4, -0.2) is 28.5 Å². The minimum absolute atomic E-state index is 0.0916. The van der Waals surface area contributed by atoms with Gasteiger partial charge in [0.25, 0.3) is 5.22 Å². The SMILES string of the molecule is COc1ccc(CNC(=O)[C@@H](C)Sc2nnc(-c3cccc(C)c3)o2)cc1. The minimum Gasteiger partial charge on any atom is -0.497 e. The molecule has 0 aliphatic carbocycles. The van der Waals surface area contributed by atoms with Crippen molar-refractivity contribution in [3.05, 3.63) is 59.7 Å². The number of benzene rings is 2. The number of hydrogen-bond acceptors (Lipinski definition) is 6. The van der Waals surface area contributed by atoms with E-state index in [1.807, 2.05) is 62.4 Å². The minimum atomic E-state index is -0.353. The highest BCUT2D eigenvalue weighted by Gasteiger charge is 2.18. The number of methoxy groups -OCH3 is 1. The lowest BCUT2D eigenvalue weighted by atomic mass is 10.1. The van der Waals surface area contributed by atoms with E-state index in [2.05, 4.69) is 15.5 Å². The lowest BCUT2D eigenvalue weighted by Gasteiger charge is -2.10. The van der Waals surface area contributed by atoms with Crippen LogP contribution in [0, 0.1) is 6.92 Å². The Balaban J connectivity index is 1.55. The Morgan fingerprint density at radius 3 is 2.70 bits per heavy atom. The second-order valence-electron chi connectivity index (χ2n) is 6.07. The van der Waals surface area contributed by atoms with Crippen molar-refractivity contribution in [3.8, 4) is 17.2 Å². The molecule has 1 atom stereocenters. The quantitative estimate of drug-likeness (QED) is 0.625. The van der Waals surface area contributed by atoms with Crippen LogP contribution in [-0.2, 0) is 11.3 Å². The molecule has 140 valence electrons. The third-order valence-corrected chi connectivity index (χ3v) is 4.88. The van der Waals surface area contributed by atoms with Gasteiger partial charge in [0, 0.05) is 12.1 Å². The highest BCUT2D eigenvalue weighted by Crippen LogP contribution is 2.26. The molecule has 2 aromatic carbocycles. The number of carbonyl (C=O) groups excluding carboxylic acids is 1. The lowest BCUT2D eigenvalue weighted by Crippen LogP contribution is -2.30. The van der Waals surface area contributed by atoms with Crippen LogP contribution in [0.5, 0.6) is 5.75 Å². The van der Waals surface area contributed by atoms with Crippen molar-refractivity contribution in [1.82, 2.24) is 15.5 Å².